The van der Waals surface area contributed by atoms with Crippen LogP contribution in [0.1, 0.15) is 11.1 Å². The molecule has 0 fully saturated rings. The normalized spacial score (nSPS) is 12.0. The van der Waals surface area contributed by atoms with Gasteiger partial charge in [-0.3, -0.25) is 4.79 Å². The molecule has 0 aliphatic carbocycles. The highest BCUT2D eigenvalue weighted by molar-refractivity contribution is 5.88. The van der Waals surface area contributed by atoms with Gasteiger partial charge in [0.1, 0.15) is 6.04 Å². The second kappa shape index (κ2) is 8.15. The minimum Gasteiger partial charge on any atom is -0.480 e. The van der Waals surface area contributed by atoms with E-state index in [2.05, 4.69) is 5.32 Å². The van der Waals surface area contributed by atoms with Crippen LogP contribution in [0.3, 0.4) is 0 Å². The lowest BCUT2D eigenvalue weighted by atomic mass is 10.0. The Hall–Kier alpha value is -3.66. The zero-order valence-electron chi connectivity index (χ0n) is 15.8. The summed E-state index contributed by atoms with van der Waals surface area (Å²) in [5.74, 6) is -1.33. The van der Waals surface area contributed by atoms with Gasteiger partial charge in [0.05, 0.1) is 6.42 Å². The minimum atomic E-state index is -1.04. The number of aliphatic carboxylic acids is 1. The van der Waals surface area contributed by atoms with Gasteiger partial charge >= 0.3 is 5.97 Å². The molecule has 2 N–H and O–H groups in total. The van der Waals surface area contributed by atoms with Gasteiger partial charge < -0.3 is 10.4 Å². The molecule has 0 aliphatic heterocycles. The van der Waals surface area contributed by atoms with E-state index in [9.17, 15) is 14.7 Å². The molecule has 0 saturated carbocycles. The van der Waals surface area contributed by atoms with Crippen LogP contribution < -0.4 is 5.32 Å². The molecule has 0 heterocycles. The van der Waals surface area contributed by atoms with Gasteiger partial charge in [0, 0.05) is 6.42 Å². The predicted octanol–water partition coefficient (Wildman–Crippen LogP) is 4.35. The molecule has 4 heteroatoms. The number of carboxylic acid groups (broad SMARTS) is 1. The van der Waals surface area contributed by atoms with Crippen LogP contribution in [0.15, 0.2) is 84.9 Å². The number of hydrogen-bond acceptors (Lipinski definition) is 2. The third-order valence-corrected chi connectivity index (χ3v) is 5.07. The number of carbonyl (C=O) groups is 2. The van der Waals surface area contributed by atoms with Crippen molar-refractivity contribution in [1.29, 1.82) is 0 Å². The van der Waals surface area contributed by atoms with E-state index in [1.165, 1.54) is 0 Å². The molecule has 0 aliphatic rings. The van der Waals surface area contributed by atoms with E-state index in [0.717, 1.165) is 32.7 Å². The molecule has 1 atom stereocenters. The van der Waals surface area contributed by atoms with Crippen molar-refractivity contribution in [3.63, 3.8) is 0 Å². The Morgan fingerprint density at radius 2 is 1.24 bits per heavy atom. The highest BCUT2D eigenvalue weighted by Gasteiger charge is 2.20. The molecule has 0 radical (unpaired) electrons. The van der Waals surface area contributed by atoms with Crippen LogP contribution in [0, 0.1) is 0 Å². The topological polar surface area (TPSA) is 66.4 Å². The van der Waals surface area contributed by atoms with Gasteiger partial charge in [-0.25, -0.2) is 4.79 Å². The summed E-state index contributed by atoms with van der Waals surface area (Å²) in [6.07, 6.45) is 0.385. The molecule has 0 spiro atoms. The van der Waals surface area contributed by atoms with E-state index in [1.807, 2.05) is 84.9 Å². The van der Waals surface area contributed by atoms with Gasteiger partial charge in [0.25, 0.3) is 0 Å². The quantitative estimate of drug-likeness (QED) is 0.520. The molecular weight excluding hydrogens is 362 g/mol. The van der Waals surface area contributed by atoms with Crippen LogP contribution in [0.25, 0.3) is 21.5 Å². The SMILES string of the molecule is O=C(Cc1ccc2ccccc2c1)N[C@H](Cc1ccc2ccccc2c1)C(=O)O. The zero-order chi connectivity index (χ0) is 20.2. The van der Waals surface area contributed by atoms with Gasteiger partial charge in [-0.15, -0.1) is 0 Å². The van der Waals surface area contributed by atoms with Crippen LogP contribution >= 0.6 is 0 Å². The van der Waals surface area contributed by atoms with Gasteiger partial charge in [0.2, 0.25) is 5.91 Å². The first-order valence-electron chi connectivity index (χ1n) is 9.56. The number of benzene rings is 4. The van der Waals surface area contributed by atoms with Gasteiger partial charge in [-0.2, -0.15) is 0 Å². The number of carboxylic acids is 1. The molecule has 4 aromatic rings. The second-order valence-corrected chi connectivity index (χ2v) is 7.20. The lowest BCUT2D eigenvalue weighted by Gasteiger charge is -2.15. The van der Waals surface area contributed by atoms with Crippen LogP contribution in [-0.4, -0.2) is 23.0 Å². The number of hydrogen-bond donors (Lipinski definition) is 2. The summed E-state index contributed by atoms with van der Waals surface area (Å²) in [4.78, 5) is 24.2. The summed E-state index contributed by atoms with van der Waals surface area (Å²) < 4.78 is 0. The maximum atomic E-state index is 12.5. The van der Waals surface area contributed by atoms with E-state index in [1.54, 1.807) is 0 Å². The van der Waals surface area contributed by atoms with E-state index < -0.39 is 12.0 Å². The summed E-state index contributed by atoms with van der Waals surface area (Å²) in [7, 11) is 0. The van der Waals surface area contributed by atoms with E-state index >= 15 is 0 Å². The molecule has 144 valence electrons. The largest absolute Gasteiger partial charge is 0.480 e. The standard InChI is InChI=1S/C25H21NO3/c27-24(16-18-10-12-20-6-2-4-8-22(20)14-18)26-23(25(28)29)15-17-9-11-19-5-1-3-7-21(19)13-17/h1-14,23H,15-16H2,(H,26,27)(H,28,29)/t23-/m1/s1. The van der Waals surface area contributed by atoms with Crippen molar-refractivity contribution in [2.75, 3.05) is 0 Å². The number of nitrogens with one attached hydrogen (secondary N) is 1. The smallest absolute Gasteiger partial charge is 0.326 e. The Morgan fingerprint density at radius 3 is 1.83 bits per heavy atom. The van der Waals surface area contributed by atoms with Crippen LogP contribution in [0.5, 0.6) is 0 Å². The molecule has 0 unspecified atom stereocenters. The molecule has 4 nitrogen and oxygen atoms in total. The Morgan fingerprint density at radius 1 is 0.724 bits per heavy atom. The Balaban J connectivity index is 1.46. The summed E-state index contributed by atoms with van der Waals surface area (Å²) >= 11 is 0. The van der Waals surface area contributed by atoms with E-state index in [4.69, 9.17) is 0 Å². The molecule has 0 aromatic heterocycles. The predicted molar refractivity (Wildman–Crippen MR) is 115 cm³/mol. The number of carbonyl (C=O) groups excluding carboxylic acids is 1. The van der Waals surface area contributed by atoms with Crippen molar-refractivity contribution in [2.24, 2.45) is 0 Å². The average Bonchev–Trinajstić information content (AvgIpc) is 2.73. The minimum absolute atomic E-state index is 0.145. The fraction of sp³-hybridized carbons (Fsp3) is 0.120. The first kappa shape index (κ1) is 18.7. The lowest BCUT2D eigenvalue weighted by Crippen LogP contribution is -2.43. The average molecular weight is 383 g/mol. The molecule has 4 rings (SSSR count). The maximum Gasteiger partial charge on any atom is 0.326 e. The van der Waals surface area contributed by atoms with Crippen molar-refractivity contribution >= 4 is 33.4 Å². The van der Waals surface area contributed by atoms with Crippen molar-refractivity contribution in [1.82, 2.24) is 5.32 Å². The number of rotatable bonds is 6. The number of amides is 1. The maximum absolute atomic E-state index is 12.5. The Bertz CT molecular complexity index is 1200. The second-order valence-electron chi connectivity index (χ2n) is 7.20. The fourth-order valence-corrected chi connectivity index (χ4v) is 3.58. The first-order valence-corrected chi connectivity index (χ1v) is 9.56. The van der Waals surface area contributed by atoms with Gasteiger partial charge in [-0.05, 0) is 32.7 Å². The van der Waals surface area contributed by atoms with Gasteiger partial charge in [-0.1, -0.05) is 84.9 Å². The van der Waals surface area contributed by atoms with Crippen molar-refractivity contribution in [3.8, 4) is 0 Å². The molecule has 0 saturated heterocycles. The van der Waals surface area contributed by atoms with Crippen molar-refractivity contribution in [2.45, 2.75) is 18.9 Å². The summed E-state index contributed by atoms with van der Waals surface area (Å²) in [6, 6.07) is 26.6. The third kappa shape index (κ3) is 4.43. The molecule has 1 amide bonds. The van der Waals surface area contributed by atoms with Crippen molar-refractivity contribution in [3.05, 3.63) is 96.1 Å². The van der Waals surface area contributed by atoms with Crippen molar-refractivity contribution < 1.29 is 14.7 Å². The molecule has 4 aromatic carbocycles. The van der Waals surface area contributed by atoms with E-state index in [0.29, 0.717) is 0 Å². The first-order chi connectivity index (χ1) is 14.1. The molecular formula is C25H21NO3. The Kier molecular flexibility index (Phi) is 5.25. The third-order valence-electron chi connectivity index (χ3n) is 5.07. The lowest BCUT2D eigenvalue weighted by molar-refractivity contribution is -0.141. The summed E-state index contributed by atoms with van der Waals surface area (Å²) in [5, 5.41) is 16.6. The van der Waals surface area contributed by atoms with Crippen LogP contribution in [-0.2, 0) is 22.4 Å². The van der Waals surface area contributed by atoms with Crippen LogP contribution in [0.2, 0.25) is 0 Å². The summed E-state index contributed by atoms with van der Waals surface area (Å²) in [5.41, 5.74) is 1.73. The monoisotopic (exact) mass is 383 g/mol. The highest BCUT2D eigenvalue weighted by Crippen LogP contribution is 2.18. The zero-order valence-corrected chi connectivity index (χ0v) is 15.8. The molecule has 29 heavy (non-hydrogen) atoms. The fourth-order valence-electron chi connectivity index (χ4n) is 3.58. The Labute approximate surface area is 168 Å². The van der Waals surface area contributed by atoms with Gasteiger partial charge in [0.15, 0.2) is 0 Å². The highest BCUT2D eigenvalue weighted by atomic mass is 16.4. The van der Waals surface area contributed by atoms with Crippen LogP contribution in [0.4, 0.5) is 0 Å². The summed E-state index contributed by atoms with van der Waals surface area (Å²) in [6.45, 7) is 0. The van der Waals surface area contributed by atoms with E-state index in [-0.39, 0.29) is 18.7 Å². The molecule has 0 bridgehead atoms. The number of fused-ring (bicyclic) bond motifs is 2.